The predicted molar refractivity (Wildman–Crippen MR) is 98.6 cm³/mol. The van der Waals surface area contributed by atoms with Crippen molar-refractivity contribution in [3.05, 3.63) is 53.3 Å². The van der Waals surface area contributed by atoms with E-state index in [-0.39, 0.29) is 18.0 Å². The van der Waals surface area contributed by atoms with Crippen LogP contribution in [-0.4, -0.2) is 32.8 Å². The molecule has 0 aliphatic carbocycles. The minimum Gasteiger partial charge on any atom is -0.492 e. The Bertz CT molecular complexity index is 726. The number of hydrogen-bond donors (Lipinski definition) is 1. The third-order valence-electron chi connectivity index (χ3n) is 3.40. The van der Waals surface area contributed by atoms with Crippen molar-refractivity contribution in [2.24, 2.45) is 0 Å². The van der Waals surface area contributed by atoms with Crippen LogP contribution in [0.1, 0.15) is 12.8 Å². The highest BCUT2D eigenvalue weighted by Gasteiger charge is 2.10. The first-order chi connectivity index (χ1) is 12.6. The van der Waals surface area contributed by atoms with Crippen LogP contribution in [0, 0.1) is 5.82 Å². The van der Waals surface area contributed by atoms with Gasteiger partial charge in [-0.15, -0.1) is 0 Å². The number of anilines is 1. The summed E-state index contributed by atoms with van der Waals surface area (Å²) in [6.07, 6.45) is 0.713. The molecule has 0 heterocycles. The summed E-state index contributed by atoms with van der Waals surface area (Å²) >= 11 is 5.99. The molecule has 0 saturated heterocycles. The number of methoxy groups -OCH3 is 1. The van der Waals surface area contributed by atoms with Crippen LogP contribution in [0.2, 0.25) is 5.02 Å². The van der Waals surface area contributed by atoms with Crippen LogP contribution in [-0.2, 0) is 9.53 Å². The second-order valence-electron chi connectivity index (χ2n) is 5.41. The zero-order valence-corrected chi connectivity index (χ0v) is 15.2. The zero-order valence-electron chi connectivity index (χ0n) is 14.5. The van der Waals surface area contributed by atoms with Gasteiger partial charge in [-0.1, -0.05) is 23.7 Å². The molecule has 2 aromatic carbocycles. The van der Waals surface area contributed by atoms with Crippen molar-refractivity contribution < 1.29 is 23.4 Å². The highest BCUT2D eigenvalue weighted by molar-refractivity contribution is 6.32. The molecule has 0 atom stereocenters. The maximum absolute atomic E-state index is 13.5. The lowest BCUT2D eigenvalue weighted by Crippen LogP contribution is -2.14. The van der Waals surface area contributed by atoms with Crippen LogP contribution >= 0.6 is 11.6 Å². The molecule has 0 bridgehead atoms. The predicted octanol–water partition coefficient (Wildman–Crippen LogP) is 4.30. The number of benzene rings is 2. The summed E-state index contributed by atoms with van der Waals surface area (Å²) in [5.74, 6) is 0.258. The van der Waals surface area contributed by atoms with Crippen LogP contribution in [0.4, 0.5) is 10.1 Å². The van der Waals surface area contributed by atoms with E-state index in [1.807, 2.05) is 12.1 Å². The summed E-state index contributed by atoms with van der Waals surface area (Å²) in [6, 6.07) is 11.1. The van der Waals surface area contributed by atoms with Crippen molar-refractivity contribution in [3.8, 4) is 11.5 Å². The van der Waals surface area contributed by atoms with Crippen molar-refractivity contribution in [2.45, 2.75) is 12.8 Å². The first-order valence-electron chi connectivity index (χ1n) is 8.18. The van der Waals surface area contributed by atoms with Gasteiger partial charge in [0, 0.05) is 19.6 Å². The van der Waals surface area contributed by atoms with E-state index in [0.29, 0.717) is 42.8 Å². The molecule has 2 aromatic rings. The number of hydrogen-bond acceptors (Lipinski definition) is 4. The van der Waals surface area contributed by atoms with Gasteiger partial charge in [0.2, 0.25) is 5.91 Å². The summed E-state index contributed by atoms with van der Waals surface area (Å²) in [5.41, 5.74) is 0.290. The van der Waals surface area contributed by atoms with Crippen LogP contribution in [0.5, 0.6) is 11.5 Å². The minimum atomic E-state index is -0.457. The minimum absolute atomic E-state index is 0.221. The second-order valence-corrected chi connectivity index (χ2v) is 5.82. The normalized spacial score (nSPS) is 10.4. The summed E-state index contributed by atoms with van der Waals surface area (Å²) in [6.45, 7) is 1.04. The van der Waals surface area contributed by atoms with E-state index in [0.717, 1.165) is 0 Å². The molecule has 1 N–H and O–H groups in total. The molecule has 0 spiro atoms. The van der Waals surface area contributed by atoms with E-state index in [9.17, 15) is 9.18 Å². The van der Waals surface area contributed by atoms with Crippen LogP contribution in [0.25, 0.3) is 0 Å². The summed E-state index contributed by atoms with van der Waals surface area (Å²) in [4.78, 5) is 12.1. The van der Waals surface area contributed by atoms with Crippen molar-refractivity contribution in [2.75, 3.05) is 32.2 Å². The Labute approximate surface area is 157 Å². The van der Waals surface area contributed by atoms with Gasteiger partial charge < -0.3 is 19.5 Å². The fraction of sp³-hybridized carbons (Fsp3) is 0.316. The topological polar surface area (TPSA) is 56.8 Å². The van der Waals surface area contributed by atoms with Gasteiger partial charge >= 0.3 is 0 Å². The Kier molecular flexibility index (Phi) is 8.18. The Hall–Kier alpha value is -2.31. The van der Waals surface area contributed by atoms with E-state index in [1.54, 1.807) is 19.2 Å². The molecule has 0 radical (unpaired) electrons. The average Bonchev–Trinajstić information content (AvgIpc) is 2.62. The number of para-hydroxylation sites is 1. The van der Waals surface area contributed by atoms with Gasteiger partial charge in [-0.05, 0) is 30.7 Å². The summed E-state index contributed by atoms with van der Waals surface area (Å²) in [7, 11) is 1.56. The third-order valence-corrected chi connectivity index (χ3v) is 3.72. The highest BCUT2D eigenvalue weighted by atomic mass is 35.5. The molecule has 0 aromatic heterocycles. The van der Waals surface area contributed by atoms with Crippen molar-refractivity contribution >= 4 is 23.2 Å². The lowest BCUT2D eigenvalue weighted by molar-refractivity contribution is -0.116. The molecule has 0 saturated carbocycles. The first kappa shape index (κ1) is 20.0. The molecule has 0 fully saturated rings. The van der Waals surface area contributed by atoms with Gasteiger partial charge in [-0.2, -0.15) is 0 Å². The average molecular weight is 382 g/mol. The number of rotatable bonds is 10. The Morgan fingerprint density at radius 3 is 2.62 bits per heavy atom. The molecule has 0 aliphatic heterocycles. The lowest BCUT2D eigenvalue weighted by Gasteiger charge is -2.13. The molecular formula is C19H21ClFNO4. The van der Waals surface area contributed by atoms with Crippen molar-refractivity contribution in [3.63, 3.8) is 0 Å². The van der Waals surface area contributed by atoms with Gasteiger partial charge in [-0.3, -0.25) is 4.79 Å². The Balaban J connectivity index is 1.81. The lowest BCUT2D eigenvalue weighted by atomic mass is 10.2. The monoisotopic (exact) mass is 381 g/mol. The van der Waals surface area contributed by atoms with E-state index in [2.05, 4.69) is 5.32 Å². The van der Waals surface area contributed by atoms with E-state index in [4.69, 9.17) is 25.8 Å². The van der Waals surface area contributed by atoms with Crippen molar-refractivity contribution in [1.82, 2.24) is 0 Å². The number of amides is 1. The molecule has 26 heavy (non-hydrogen) atoms. The highest BCUT2D eigenvalue weighted by Crippen LogP contribution is 2.26. The maximum atomic E-state index is 13.5. The third kappa shape index (κ3) is 6.54. The Morgan fingerprint density at radius 2 is 1.85 bits per heavy atom. The quantitative estimate of drug-likeness (QED) is 0.623. The molecule has 5 nitrogen and oxygen atoms in total. The molecule has 0 unspecified atom stereocenters. The molecule has 7 heteroatoms. The van der Waals surface area contributed by atoms with Gasteiger partial charge in [0.15, 0.2) is 0 Å². The van der Waals surface area contributed by atoms with Gasteiger partial charge in [0.25, 0.3) is 0 Å². The number of carbonyl (C=O) groups is 1. The van der Waals surface area contributed by atoms with Crippen LogP contribution < -0.4 is 14.8 Å². The standard InChI is InChI=1S/C19H21ClFNO4/c1-24-11-12-26-18-9-8-14(21)13-16(18)22-19(23)7-4-10-25-17-6-3-2-5-15(17)20/h2-3,5-6,8-9,13H,4,7,10-12H2,1H3,(H,22,23). The molecule has 0 aliphatic rings. The fourth-order valence-corrected chi connectivity index (χ4v) is 2.34. The van der Waals surface area contributed by atoms with E-state index >= 15 is 0 Å². The SMILES string of the molecule is COCCOc1ccc(F)cc1NC(=O)CCCOc1ccccc1Cl. The molecule has 2 rings (SSSR count). The van der Waals surface area contributed by atoms with Crippen LogP contribution in [0.15, 0.2) is 42.5 Å². The molecular weight excluding hydrogens is 361 g/mol. The number of halogens is 2. The van der Waals surface area contributed by atoms with E-state index < -0.39 is 5.82 Å². The largest absolute Gasteiger partial charge is 0.492 e. The van der Waals surface area contributed by atoms with E-state index in [1.165, 1.54) is 18.2 Å². The van der Waals surface area contributed by atoms with Gasteiger partial charge in [0.05, 0.1) is 23.9 Å². The smallest absolute Gasteiger partial charge is 0.224 e. The molecule has 1 amide bonds. The summed E-state index contributed by atoms with van der Waals surface area (Å²) < 4.78 is 29.4. The number of ether oxygens (including phenoxy) is 3. The zero-order chi connectivity index (χ0) is 18.8. The van der Waals surface area contributed by atoms with Gasteiger partial charge in [0.1, 0.15) is 23.9 Å². The Morgan fingerprint density at radius 1 is 1.08 bits per heavy atom. The number of nitrogens with one attached hydrogen (secondary N) is 1. The molecule has 140 valence electrons. The maximum Gasteiger partial charge on any atom is 0.224 e. The number of carbonyl (C=O) groups excluding carboxylic acids is 1. The fourth-order valence-electron chi connectivity index (χ4n) is 2.15. The van der Waals surface area contributed by atoms with Crippen molar-refractivity contribution in [1.29, 1.82) is 0 Å². The second kappa shape index (κ2) is 10.6. The van der Waals surface area contributed by atoms with Gasteiger partial charge in [-0.25, -0.2) is 4.39 Å². The summed E-state index contributed by atoms with van der Waals surface area (Å²) in [5, 5.41) is 3.18. The first-order valence-corrected chi connectivity index (χ1v) is 8.56. The van der Waals surface area contributed by atoms with Crippen LogP contribution in [0.3, 0.4) is 0 Å².